The fourth-order valence-corrected chi connectivity index (χ4v) is 3.54. The van der Waals surface area contributed by atoms with Gasteiger partial charge in [0, 0.05) is 12.4 Å². The van der Waals surface area contributed by atoms with Gasteiger partial charge in [-0.15, -0.1) is 0 Å². The zero-order valence-electron chi connectivity index (χ0n) is 10.4. The van der Waals surface area contributed by atoms with Crippen LogP contribution in [0.15, 0.2) is 29.2 Å². The molecule has 1 rings (SSSR count). The van der Waals surface area contributed by atoms with Crippen LogP contribution < -0.4 is 4.72 Å². The van der Waals surface area contributed by atoms with Gasteiger partial charge in [0.1, 0.15) is 0 Å². The number of alkyl halides is 4. The van der Waals surface area contributed by atoms with Crippen molar-refractivity contribution in [3.63, 3.8) is 0 Å². The number of hydrogen-bond donors (Lipinski definition) is 1. The number of rotatable bonds is 6. The minimum Gasteiger partial charge on any atom is -0.383 e. The van der Waals surface area contributed by atoms with Gasteiger partial charge in [0.05, 0.1) is 23.1 Å². The molecule has 1 aromatic carbocycles. The average Bonchev–Trinajstić information content (AvgIpc) is 2.37. The first-order valence-corrected chi connectivity index (χ1v) is 8.06. The SMILES string of the molecule is COCC(CBr)NS(=O)(=O)c1ccccc1C(F)(F)F. The van der Waals surface area contributed by atoms with Gasteiger partial charge < -0.3 is 4.74 Å². The van der Waals surface area contributed by atoms with Gasteiger partial charge in [-0.3, -0.25) is 0 Å². The summed E-state index contributed by atoms with van der Waals surface area (Å²) in [4.78, 5) is -0.797. The summed E-state index contributed by atoms with van der Waals surface area (Å²) in [5, 5.41) is 0.217. The third kappa shape index (κ3) is 4.44. The maximum atomic E-state index is 12.8. The molecule has 0 amide bonds. The number of benzene rings is 1. The van der Waals surface area contributed by atoms with Gasteiger partial charge in [-0.25, -0.2) is 13.1 Å². The van der Waals surface area contributed by atoms with E-state index in [1.165, 1.54) is 13.2 Å². The largest absolute Gasteiger partial charge is 0.417 e. The number of halogens is 4. The number of ether oxygens (including phenoxy) is 1. The quantitative estimate of drug-likeness (QED) is 0.776. The van der Waals surface area contributed by atoms with E-state index in [0.29, 0.717) is 0 Å². The van der Waals surface area contributed by atoms with E-state index >= 15 is 0 Å². The molecule has 0 aliphatic carbocycles. The number of sulfonamides is 1. The highest BCUT2D eigenvalue weighted by Gasteiger charge is 2.37. The molecule has 114 valence electrons. The molecule has 1 unspecified atom stereocenters. The molecule has 1 aromatic rings. The van der Waals surface area contributed by atoms with Crippen LogP contribution in [0.1, 0.15) is 5.56 Å². The monoisotopic (exact) mass is 375 g/mol. The van der Waals surface area contributed by atoms with E-state index in [4.69, 9.17) is 4.74 Å². The molecule has 0 bridgehead atoms. The lowest BCUT2D eigenvalue weighted by Gasteiger charge is -2.18. The van der Waals surface area contributed by atoms with Crippen molar-refractivity contribution in [3.05, 3.63) is 29.8 Å². The molecule has 1 N–H and O–H groups in total. The molecule has 4 nitrogen and oxygen atoms in total. The van der Waals surface area contributed by atoms with Gasteiger partial charge in [0.15, 0.2) is 0 Å². The molecule has 20 heavy (non-hydrogen) atoms. The Kier molecular flexibility index (Phi) is 5.99. The van der Waals surface area contributed by atoms with Gasteiger partial charge in [-0.1, -0.05) is 28.1 Å². The highest BCUT2D eigenvalue weighted by atomic mass is 79.9. The van der Waals surface area contributed by atoms with Crippen molar-refractivity contribution in [1.29, 1.82) is 0 Å². The molecule has 0 aromatic heterocycles. The predicted molar refractivity (Wildman–Crippen MR) is 71.2 cm³/mol. The van der Waals surface area contributed by atoms with E-state index in [2.05, 4.69) is 20.7 Å². The van der Waals surface area contributed by atoms with Gasteiger partial charge in [0.2, 0.25) is 10.0 Å². The Bertz CT molecular complexity index is 548. The fourth-order valence-electron chi connectivity index (χ4n) is 1.53. The van der Waals surface area contributed by atoms with Crippen molar-refractivity contribution < 1.29 is 26.3 Å². The average molecular weight is 376 g/mol. The first-order chi connectivity index (χ1) is 9.22. The highest BCUT2D eigenvalue weighted by molar-refractivity contribution is 9.09. The van der Waals surface area contributed by atoms with Gasteiger partial charge in [0.25, 0.3) is 0 Å². The Labute approximate surface area is 123 Å². The van der Waals surface area contributed by atoms with Crippen molar-refractivity contribution >= 4 is 26.0 Å². The molecule has 0 saturated heterocycles. The van der Waals surface area contributed by atoms with Crippen LogP contribution in [0.5, 0.6) is 0 Å². The van der Waals surface area contributed by atoms with Crippen LogP contribution in [0.3, 0.4) is 0 Å². The first-order valence-electron chi connectivity index (χ1n) is 5.46. The Morgan fingerprint density at radius 1 is 1.35 bits per heavy atom. The van der Waals surface area contributed by atoms with E-state index in [1.807, 2.05) is 0 Å². The molecule has 0 heterocycles. The van der Waals surface area contributed by atoms with Crippen molar-refractivity contribution in [1.82, 2.24) is 4.72 Å². The summed E-state index contributed by atoms with van der Waals surface area (Å²) in [6.45, 7) is 0.0403. The summed E-state index contributed by atoms with van der Waals surface area (Å²) < 4.78 is 69.5. The number of hydrogen-bond acceptors (Lipinski definition) is 3. The second kappa shape index (κ2) is 6.88. The van der Waals surface area contributed by atoms with Crippen LogP contribution in [0, 0.1) is 0 Å². The van der Waals surface area contributed by atoms with Gasteiger partial charge in [-0.05, 0) is 12.1 Å². The summed E-state index contributed by atoms with van der Waals surface area (Å²) in [5.74, 6) is 0. The lowest BCUT2D eigenvalue weighted by atomic mass is 10.2. The maximum absolute atomic E-state index is 12.8. The molecule has 0 saturated carbocycles. The number of nitrogens with one attached hydrogen (secondary N) is 1. The minimum atomic E-state index is -4.74. The van der Waals surface area contributed by atoms with E-state index in [0.717, 1.165) is 18.2 Å². The Morgan fingerprint density at radius 2 is 1.95 bits per heavy atom. The smallest absolute Gasteiger partial charge is 0.383 e. The van der Waals surface area contributed by atoms with Crippen LogP contribution in [-0.2, 0) is 20.9 Å². The predicted octanol–water partition coefficient (Wildman–Crippen LogP) is 2.39. The molecular formula is C11H13BrF3NO3S. The van der Waals surface area contributed by atoms with Crippen LogP contribution >= 0.6 is 15.9 Å². The molecule has 0 aliphatic heterocycles. The van der Waals surface area contributed by atoms with Crippen LogP contribution in [0.25, 0.3) is 0 Å². The van der Waals surface area contributed by atoms with Crippen LogP contribution in [-0.4, -0.2) is 33.5 Å². The Hall–Kier alpha value is -0.640. The van der Waals surface area contributed by atoms with E-state index < -0.39 is 32.7 Å². The van der Waals surface area contributed by atoms with Crippen molar-refractivity contribution in [2.45, 2.75) is 17.1 Å². The topological polar surface area (TPSA) is 55.4 Å². The summed E-state index contributed by atoms with van der Waals surface area (Å²) >= 11 is 3.07. The summed E-state index contributed by atoms with van der Waals surface area (Å²) in [6, 6.07) is 3.37. The molecule has 1 atom stereocenters. The Balaban J connectivity index is 3.16. The minimum absolute atomic E-state index is 0.0403. The standard InChI is InChI=1S/C11H13BrF3NO3S/c1-19-7-8(6-12)16-20(17,18)10-5-3-2-4-9(10)11(13,14)15/h2-5,8,16H,6-7H2,1H3. The second-order valence-electron chi connectivity index (χ2n) is 3.92. The number of methoxy groups -OCH3 is 1. The third-order valence-corrected chi connectivity index (χ3v) is 4.72. The van der Waals surface area contributed by atoms with E-state index in [-0.39, 0.29) is 11.9 Å². The summed E-state index contributed by atoms with van der Waals surface area (Å²) in [6.07, 6.45) is -4.74. The van der Waals surface area contributed by atoms with Crippen molar-refractivity contribution in [2.75, 3.05) is 19.0 Å². The maximum Gasteiger partial charge on any atom is 0.417 e. The first kappa shape index (κ1) is 17.4. The summed E-state index contributed by atoms with van der Waals surface area (Å²) in [7, 11) is -2.92. The van der Waals surface area contributed by atoms with Gasteiger partial charge >= 0.3 is 6.18 Å². The Morgan fingerprint density at radius 3 is 2.45 bits per heavy atom. The zero-order valence-corrected chi connectivity index (χ0v) is 12.8. The van der Waals surface area contributed by atoms with Crippen molar-refractivity contribution in [2.24, 2.45) is 0 Å². The molecule has 0 spiro atoms. The van der Waals surface area contributed by atoms with Crippen LogP contribution in [0.4, 0.5) is 13.2 Å². The summed E-state index contributed by atoms with van der Waals surface area (Å²) in [5.41, 5.74) is -1.20. The van der Waals surface area contributed by atoms with E-state index in [9.17, 15) is 21.6 Å². The molecule has 0 fully saturated rings. The van der Waals surface area contributed by atoms with Crippen molar-refractivity contribution in [3.8, 4) is 0 Å². The fraction of sp³-hybridized carbons (Fsp3) is 0.455. The zero-order chi connectivity index (χ0) is 15.4. The lowest BCUT2D eigenvalue weighted by Crippen LogP contribution is -2.39. The van der Waals surface area contributed by atoms with Crippen LogP contribution in [0.2, 0.25) is 0 Å². The third-order valence-electron chi connectivity index (χ3n) is 2.36. The molecule has 9 heteroatoms. The molecule has 0 radical (unpaired) electrons. The highest BCUT2D eigenvalue weighted by Crippen LogP contribution is 2.33. The van der Waals surface area contributed by atoms with Gasteiger partial charge in [-0.2, -0.15) is 13.2 Å². The second-order valence-corrected chi connectivity index (χ2v) is 6.25. The normalized spacial score (nSPS) is 14.2. The van der Waals surface area contributed by atoms with E-state index in [1.54, 1.807) is 0 Å². The lowest BCUT2D eigenvalue weighted by molar-refractivity contribution is -0.139. The molecule has 0 aliphatic rings. The molecular weight excluding hydrogens is 363 g/mol.